The van der Waals surface area contributed by atoms with Crippen LogP contribution in [0, 0.1) is 19.8 Å². The zero-order valence-corrected chi connectivity index (χ0v) is 20.1. The van der Waals surface area contributed by atoms with E-state index in [1.54, 1.807) is 36.3 Å². The van der Waals surface area contributed by atoms with Gasteiger partial charge in [0, 0.05) is 25.2 Å². The highest BCUT2D eigenvalue weighted by atomic mass is 16.5. The number of hydrogen-bond acceptors (Lipinski definition) is 4. The van der Waals surface area contributed by atoms with Gasteiger partial charge in [-0.15, -0.1) is 0 Å². The number of ether oxygens (including phenoxy) is 1. The van der Waals surface area contributed by atoms with E-state index in [-0.39, 0.29) is 24.1 Å². The van der Waals surface area contributed by atoms with Crippen molar-refractivity contribution < 1.29 is 19.1 Å². The summed E-state index contributed by atoms with van der Waals surface area (Å²) in [7, 11) is 1.60. The van der Waals surface area contributed by atoms with Gasteiger partial charge in [0.1, 0.15) is 5.75 Å². The maximum atomic E-state index is 13.1. The molecular formula is C28H29N3O4. The van der Waals surface area contributed by atoms with E-state index in [0.29, 0.717) is 24.3 Å². The fraction of sp³-hybridized carbons (Fsp3) is 0.250. The summed E-state index contributed by atoms with van der Waals surface area (Å²) < 4.78 is 5.16. The number of hydrogen-bond donors (Lipinski definition) is 2. The maximum absolute atomic E-state index is 13.1. The number of carbonyl (C=O) groups excluding carboxylic acids is 3. The zero-order valence-electron chi connectivity index (χ0n) is 20.1. The summed E-state index contributed by atoms with van der Waals surface area (Å²) >= 11 is 0. The molecule has 1 atom stereocenters. The van der Waals surface area contributed by atoms with Crippen LogP contribution in [0.1, 0.15) is 33.5 Å². The van der Waals surface area contributed by atoms with E-state index >= 15 is 0 Å². The molecule has 0 spiro atoms. The lowest BCUT2D eigenvalue weighted by Gasteiger charge is -2.20. The maximum Gasteiger partial charge on any atom is 0.253 e. The predicted molar refractivity (Wildman–Crippen MR) is 136 cm³/mol. The summed E-state index contributed by atoms with van der Waals surface area (Å²) in [5, 5.41) is 5.76. The number of anilines is 2. The molecule has 1 fully saturated rings. The fourth-order valence-electron chi connectivity index (χ4n) is 4.19. The summed E-state index contributed by atoms with van der Waals surface area (Å²) in [6.45, 7) is 4.63. The van der Waals surface area contributed by atoms with Crippen molar-refractivity contribution in [2.24, 2.45) is 5.92 Å². The summed E-state index contributed by atoms with van der Waals surface area (Å²) in [5.74, 6) is -0.408. The van der Waals surface area contributed by atoms with E-state index in [0.717, 1.165) is 28.1 Å². The van der Waals surface area contributed by atoms with Gasteiger partial charge < -0.3 is 20.3 Å². The monoisotopic (exact) mass is 471 g/mol. The molecule has 4 rings (SSSR count). The van der Waals surface area contributed by atoms with E-state index in [1.807, 2.05) is 56.3 Å². The van der Waals surface area contributed by atoms with Crippen molar-refractivity contribution in [2.75, 3.05) is 23.9 Å². The van der Waals surface area contributed by atoms with Gasteiger partial charge in [-0.25, -0.2) is 0 Å². The van der Waals surface area contributed by atoms with Crippen LogP contribution in [-0.4, -0.2) is 31.4 Å². The molecule has 3 amide bonds. The van der Waals surface area contributed by atoms with Crippen LogP contribution in [0.4, 0.5) is 11.4 Å². The van der Waals surface area contributed by atoms with Crippen LogP contribution in [0.5, 0.6) is 5.75 Å². The smallest absolute Gasteiger partial charge is 0.253 e. The third kappa shape index (κ3) is 5.35. The van der Waals surface area contributed by atoms with Gasteiger partial charge in [0.25, 0.3) is 5.91 Å². The van der Waals surface area contributed by atoms with Crippen molar-refractivity contribution in [1.82, 2.24) is 5.32 Å². The Kier molecular flexibility index (Phi) is 7.15. The Morgan fingerprint density at radius 1 is 1.00 bits per heavy atom. The summed E-state index contributed by atoms with van der Waals surface area (Å²) in [6.07, 6.45) is 0.130. The van der Waals surface area contributed by atoms with Crippen molar-refractivity contribution in [1.29, 1.82) is 0 Å². The lowest BCUT2D eigenvalue weighted by molar-refractivity contribution is -0.122. The first-order valence-electron chi connectivity index (χ1n) is 11.5. The van der Waals surface area contributed by atoms with Gasteiger partial charge in [0.15, 0.2) is 0 Å². The molecule has 0 bridgehead atoms. The van der Waals surface area contributed by atoms with Gasteiger partial charge in [-0.05, 0) is 60.9 Å². The molecule has 0 aliphatic carbocycles. The van der Waals surface area contributed by atoms with Crippen molar-refractivity contribution in [3.63, 3.8) is 0 Å². The topological polar surface area (TPSA) is 87.7 Å². The average Bonchev–Trinajstić information content (AvgIpc) is 3.26. The third-order valence-electron chi connectivity index (χ3n) is 6.40. The van der Waals surface area contributed by atoms with Gasteiger partial charge in [0.05, 0.1) is 24.3 Å². The fourth-order valence-corrected chi connectivity index (χ4v) is 4.19. The van der Waals surface area contributed by atoms with E-state index < -0.39 is 5.92 Å². The highest BCUT2D eigenvalue weighted by Gasteiger charge is 2.36. The molecule has 0 saturated carbocycles. The van der Waals surface area contributed by atoms with Crippen molar-refractivity contribution in [2.45, 2.75) is 26.8 Å². The number of amides is 3. The van der Waals surface area contributed by atoms with Gasteiger partial charge in [-0.1, -0.05) is 36.4 Å². The average molecular weight is 472 g/mol. The Balaban J connectivity index is 1.42. The van der Waals surface area contributed by atoms with E-state index in [9.17, 15) is 14.4 Å². The number of rotatable bonds is 7. The number of aryl methyl sites for hydroxylation is 1. The molecular weight excluding hydrogens is 442 g/mol. The molecule has 3 aromatic carbocycles. The minimum Gasteiger partial charge on any atom is -0.497 e. The van der Waals surface area contributed by atoms with Crippen LogP contribution in [0.25, 0.3) is 0 Å². The Morgan fingerprint density at radius 3 is 2.49 bits per heavy atom. The second-order valence-corrected chi connectivity index (χ2v) is 8.69. The molecule has 1 aliphatic rings. The highest BCUT2D eigenvalue weighted by molar-refractivity contribution is 6.07. The van der Waals surface area contributed by atoms with Crippen molar-refractivity contribution >= 4 is 29.1 Å². The first-order valence-corrected chi connectivity index (χ1v) is 11.5. The third-order valence-corrected chi connectivity index (χ3v) is 6.40. The van der Waals surface area contributed by atoms with Gasteiger partial charge in [0.2, 0.25) is 11.8 Å². The number of para-hydroxylation sites is 1. The summed E-state index contributed by atoms with van der Waals surface area (Å²) in [5.41, 5.74) is 4.67. The molecule has 3 aromatic rings. The molecule has 1 aliphatic heterocycles. The first kappa shape index (κ1) is 24.0. The summed E-state index contributed by atoms with van der Waals surface area (Å²) in [4.78, 5) is 40.3. The minimum absolute atomic E-state index is 0.0793. The number of nitrogens with one attached hydrogen (secondary N) is 2. The van der Waals surface area contributed by atoms with Crippen LogP contribution in [0.3, 0.4) is 0 Å². The van der Waals surface area contributed by atoms with Gasteiger partial charge in [-0.3, -0.25) is 14.4 Å². The van der Waals surface area contributed by atoms with Crippen LogP contribution in [-0.2, 0) is 16.1 Å². The van der Waals surface area contributed by atoms with E-state index in [2.05, 4.69) is 10.6 Å². The zero-order chi connectivity index (χ0) is 24.9. The Bertz CT molecular complexity index is 1250. The minimum atomic E-state index is -0.502. The first-order chi connectivity index (χ1) is 16.9. The molecule has 7 nitrogen and oxygen atoms in total. The van der Waals surface area contributed by atoms with E-state index in [1.165, 1.54) is 0 Å². The lowest BCUT2D eigenvalue weighted by atomic mass is 10.1. The molecule has 1 heterocycles. The molecule has 2 N–H and O–H groups in total. The molecule has 0 radical (unpaired) electrons. The number of carbonyl (C=O) groups is 3. The molecule has 180 valence electrons. The summed E-state index contributed by atoms with van der Waals surface area (Å²) in [6, 6.07) is 20.1. The number of methoxy groups -OCH3 is 1. The normalized spacial score (nSPS) is 15.1. The molecule has 7 heteroatoms. The van der Waals surface area contributed by atoms with Crippen LogP contribution in [0.2, 0.25) is 0 Å². The number of nitrogens with zero attached hydrogens (tertiary/aromatic N) is 1. The van der Waals surface area contributed by atoms with Crippen LogP contribution in [0.15, 0.2) is 66.7 Å². The highest BCUT2D eigenvalue weighted by Crippen LogP contribution is 2.30. The molecule has 35 heavy (non-hydrogen) atoms. The van der Waals surface area contributed by atoms with Crippen molar-refractivity contribution in [3.8, 4) is 5.75 Å². The van der Waals surface area contributed by atoms with Crippen LogP contribution >= 0.6 is 0 Å². The second kappa shape index (κ2) is 10.4. The quantitative estimate of drug-likeness (QED) is 0.540. The molecule has 0 aromatic heterocycles. The molecule has 0 unspecified atom stereocenters. The number of benzene rings is 3. The van der Waals surface area contributed by atoms with Gasteiger partial charge >= 0.3 is 0 Å². The Morgan fingerprint density at radius 2 is 1.74 bits per heavy atom. The van der Waals surface area contributed by atoms with Crippen LogP contribution < -0.4 is 20.3 Å². The van der Waals surface area contributed by atoms with Gasteiger partial charge in [-0.2, -0.15) is 0 Å². The van der Waals surface area contributed by atoms with Crippen molar-refractivity contribution in [3.05, 3.63) is 89.0 Å². The largest absolute Gasteiger partial charge is 0.497 e. The van der Waals surface area contributed by atoms with E-state index in [4.69, 9.17) is 4.74 Å². The Hall–Kier alpha value is -4.13. The second-order valence-electron chi connectivity index (χ2n) is 8.69. The SMILES string of the molecule is COc1ccc(CNC(=O)c2ccccc2NC(=O)[C@H]2CC(=O)N(c3cccc(C)c3C)C2)cc1. The Labute approximate surface area is 205 Å². The standard InChI is InChI=1S/C28H29N3O4/c1-18-7-6-10-25(19(18)2)31-17-21(15-26(31)32)27(33)30-24-9-5-4-8-23(24)28(34)29-16-20-11-13-22(35-3)14-12-20/h4-14,21H,15-17H2,1-3H3,(H,29,34)(H,30,33)/t21-/m0/s1. The lowest BCUT2D eigenvalue weighted by Crippen LogP contribution is -2.30. The predicted octanol–water partition coefficient (Wildman–Crippen LogP) is 4.23. The molecule has 1 saturated heterocycles.